The number of ether oxygens (including phenoxy) is 2. The number of likely N-dealkylation sites (N-methyl/N-ethyl adjacent to an activating group) is 1. The summed E-state index contributed by atoms with van der Waals surface area (Å²) in [6.45, 7) is 12.8. The normalized spacial score (nSPS) is 18.3. The Morgan fingerprint density at radius 3 is 2.28 bits per heavy atom. The first-order chi connectivity index (χ1) is 11.8. The summed E-state index contributed by atoms with van der Waals surface area (Å²) in [4.78, 5) is 4.60. The summed E-state index contributed by atoms with van der Waals surface area (Å²) >= 11 is 0. The lowest BCUT2D eigenvalue weighted by molar-refractivity contribution is 0.00149. The molecule has 5 heteroatoms. The number of aliphatic hydroxyl groups excluding tert-OH is 1. The Morgan fingerprint density at radius 2 is 1.68 bits per heavy atom. The second-order valence-electron chi connectivity index (χ2n) is 7.96. The molecule has 1 aromatic carbocycles. The molecule has 0 saturated carbocycles. The van der Waals surface area contributed by atoms with Crippen molar-refractivity contribution in [2.75, 3.05) is 59.6 Å². The van der Waals surface area contributed by atoms with Gasteiger partial charge in [-0.3, -0.25) is 4.90 Å². The molecule has 0 aliphatic carbocycles. The number of β-amino-alcohol motifs (C(OH)–C–C–N with tert-alkyl or cyclic N) is 1. The van der Waals surface area contributed by atoms with Crippen LogP contribution in [0.25, 0.3) is 0 Å². The third-order valence-corrected chi connectivity index (χ3v) is 4.59. The van der Waals surface area contributed by atoms with Crippen LogP contribution in [0, 0.1) is 0 Å². The fraction of sp³-hybridized carbons (Fsp3) is 0.700. The molecule has 0 spiro atoms. The standard InChI is InChI=1S/C20H34N2O3/c1-20(2,3)17-5-7-19(8-6-17)25-14-13-24-16-18(23)15-22-11-9-21(4)10-12-22/h5-8,18,23H,9-16H2,1-4H3. The van der Waals surface area contributed by atoms with Gasteiger partial charge in [0.05, 0.1) is 19.3 Å². The summed E-state index contributed by atoms with van der Waals surface area (Å²) in [5.74, 6) is 0.856. The van der Waals surface area contributed by atoms with Gasteiger partial charge in [-0.2, -0.15) is 0 Å². The summed E-state index contributed by atoms with van der Waals surface area (Å²) in [5.41, 5.74) is 1.45. The zero-order chi connectivity index (χ0) is 18.3. The van der Waals surface area contributed by atoms with Gasteiger partial charge in [0.25, 0.3) is 0 Å². The molecule has 1 heterocycles. The van der Waals surface area contributed by atoms with E-state index in [9.17, 15) is 5.11 Å². The van der Waals surface area contributed by atoms with E-state index in [-0.39, 0.29) is 5.41 Å². The van der Waals surface area contributed by atoms with E-state index in [1.807, 2.05) is 12.1 Å². The van der Waals surface area contributed by atoms with Crippen molar-refractivity contribution in [1.82, 2.24) is 9.80 Å². The highest BCUT2D eigenvalue weighted by Crippen LogP contribution is 2.24. The lowest BCUT2D eigenvalue weighted by Gasteiger charge is -2.33. The molecule has 2 rings (SSSR count). The first kappa shape index (κ1) is 20.2. The number of nitrogens with zero attached hydrogens (tertiary/aromatic N) is 2. The molecule has 1 unspecified atom stereocenters. The van der Waals surface area contributed by atoms with E-state index in [4.69, 9.17) is 9.47 Å². The molecule has 0 amide bonds. The summed E-state index contributed by atoms with van der Waals surface area (Å²) in [7, 11) is 2.13. The lowest BCUT2D eigenvalue weighted by atomic mass is 9.87. The minimum absolute atomic E-state index is 0.154. The van der Waals surface area contributed by atoms with Gasteiger partial charge in [0.15, 0.2) is 0 Å². The highest BCUT2D eigenvalue weighted by Gasteiger charge is 2.17. The maximum atomic E-state index is 10.1. The Hall–Kier alpha value is -1.14. The number of benzene rings is 1. The van der Waals surface area contributed by atoms with Gasteiger partial charge >= 0.3 is 0 Å². The van der Waals surface area contributed by atoms with Gasteiger partial charge in [0.1, 0.15) is 12.4 Å². The smallest absolute Gasteiger partial charge is 0.119 e. The zero-order valence-electron chi connectivity index (χ0n) is 16.2. The maximum Gasteiger partial charge on any atom is 0.119 e. The average Bonchev–Trinajstić information content (AvgIpc) is 2.56. The molecule has 142 valence electrons. The summed E-state index contributed by atoms with van der Waals surface area (Å²) in [6.07, 6.45) is -0.436. The molecule has 25 heavy (non-hydrogen) atoms. The van der Waals surface area contributed by atoms with Gasteiger partial charge in [-0.05, 0) is 30.2 Å². The van der Waals surface area contributed by atoms with Gasteiger partial charge in [0.2, 0.25) is 0 Å². The van der Waals surface area contributed by atoms with Crippen molar-refractivity contribution >= 4 is 0 Å². The largest absolute Gasteiger partial charge is 0.491 e. The average molecular weight is 351 g/mol. The summed E-state index contributed by atoms with van der Waals surface area (Å²) in [6, 6.07) is 8.22. The van der Waals surface area contributed by atoms with Gasteiger partial charge in [0, 0.05) is 32.7 Å². The fourth-order valence-corrected chi connectivity index (χ4v) is 2.87. The molecule has 5 nitrogen and oxygen atoms in total. The fourth-order valence-electron chi connectivity index (χ4n) is 2.87. The second kappa shape index (κ2) is 9.53. The highest BCUT2D eigenvalue weighted by molar-refractivity contribution is 5.31. The molecular weight excluding hydrogens is 316 g/mol. The number of piperazine rings is 1. The van der Waals surface area contributed by atoms with E-state index in [1.54, 1.807) is 0 Å². The lowest BCUT2D eigenvalue weighted by Crippen LogP contribution is -2.47. The first-order valence-electron chi connectivity index (χ1n) is 9.24. The third-order valence-electron chi connectivity index (χ3n) is 4.59. The molecule has 1 saturated heterocycles. The van der Waals surface area contributed by atoms with E-state index in [0.29, 0.717) is 26.4 Å². The number of hydrogen-bond donors (Lipinski definition) is 1. The van der Waals surface area contributed by atoms with Crippen LogP contribution in [0.15, 0.2) is 24.3 Å². The zero-order valence-corrected chi connectivity index (χ0v) is 16.2. The predicted octanol–water partition coefficient (Wildman–Crippen LogP) is 1.99. The Kier molecular flexibility index (Phi) is 7.69. The summed E-state index contributed by atoms with van der Waals surface area (Å²) < 4.78 is 11.2. The Bertz CT molecular complexity index is 491. The highest BCUT2D eigenvalue weighted by atomic mass is 16.5. The van der Waals surface area contributed by atoms with Crippen molar-refractivity contribution in [3.63, 3.8) is 0 Å². The monoisotopic (exact) mass is 350 g/mol. The van der Waals surface area contributed by atoms with Gasteiger partial charge in [-0.25, -0.2) is 0 Å². The van der Waals surface area contributed by atoms with E-state index in [0.717, 1.165) is 31.9 Å². The van der Waals surface area contributed by atoms with E-state index >= 15 is 0 Å². The van der Waals surface area contributed by atoms with Crippen molar-refractivity contribution in [2.45, 2.75) is 32.3 Å². The van der Waals surface area contributed by atoms with Crippen molar-refractivity contribution < 1.29 is 14.6 Å². The molecule has 1 aliphatic rings. The predicted molar refractivity (Wildman–Crippen MR) is 101 cm³/mol. The van der Waals surface area contributed by atoms with E-state index in [1.165, 1.54) is 5.56 Å². The van der Waals surface area contributed by atoms with Crippen molar-refractivity contribution in [2.24, 2.45) is 0 Å². The van der Waals surface area contributed by atoms with Gasteiger partial charge in [-0.1, -0.05) is 32.9 Å². The van der Waals surface area contributed by atoms with Crippen LogP contribution in [0.4, 0.5) is 0 Å². The van der Waals surface area contributed by atoms with Crippen LogP contribution < -0.4 is 4.74 Å². The van der Waals surface area contributed by atoms with Crippen LogP contribution in [0.1, 0.15) is 26.3 Å². The molecular formula is C20H34N2O3. The molecule has 1 N–H and O–H groups in total. The second-order valence-corrected chi connectivity index (χ2v) is 7.96. The molecule has 0 aromatic heterocycles. The van der Waals surface area contributed by atoms with Crippen LogP contribution in [0.3, 0.4) is 0 Å². The molecule has 1 aliphatic heterocycles. The number of hydrogen-bond acceptors (Lipinski definition) is 5. The molecule has 1 aromatic rings. The van der Waals surface area contributed by atoms with E-state index < -0.39 is 6.10 Å². The molecule has 1 atom stereocenters. The molecule has 1 fully saturated rings. The van der Waals surface area contributed by atoms with Crippen molar-refractivity contribution in [1.29, 1.82) is 0 Å². The third kappa shape index (κ3) is 7.32. The Balaban J connectivity index is 1.57. The van der Waals surface area contributed by atoms with Crippen molar-refractivity contribution in [3.8, 4) is 5.75 Å². The Labute approximate surface area is 152 Å². The molecule has 0 radical (unpaired) electrons. The minimum Gasteiger partial charge on any atom is -0.491 e. The van der Waals surface area contributed by atoms with E-state index in [2.05, 4.69) is 49.8 Å². The van der Waals surface area contributed by atoms with Crippen LogP contribution in [-0.2, 0) is 10.2 Å². The Morgan fingerprint density at radius 1 is 1.04 bits per heavy atom. The van der Waals surface area contributed by atoms with Crippen LogP contribution in [0.5, 0.6) is 5.75 Å². The maximum absolute atomic E-state index is 10.1. The number of rotatable bonds is 8. The van der Waals surface area contributed by atoms with Gasteiger partial charge in [-0.15, -0.1) is 0 Å². The first-order valence-corrected chi connectivity index (χ1v) is 9.24. The van der Waals surface area contributed by atoms with Crippen molar-refractivity contribution in [3.05, 3.63) is 29.8 Å². The summed E-state index contributed by atoms with van der Waals surface area (Å²) in [5, 5.41) is 10.1. The van der Waals surface area contributed by atoms with Crippen LogP contribution in [-0.4, -0.2) is 80.6 Å². The van der Waals surface area contributed by atoms with Crippen LogP contribution in [0.2, 0.25) is 0 Å². The molecule has 0 bridgehead atoms. The number of aliphatic hydroxyl groups is 1. The van der Waals surface area contributed by atoms with Gasteiger partial charge < -0.3 is 19.5 Å². The quantitative estimate of drug-likeness (QED) is 0.727. The SMILES string of the molecule is CN1CCN(CC(O)COCCOc2ccc(C(C)(C)C)cc2)CC1. The topological polar surface area (TPSA) is 45.2 Å². The van der Waals surface area contributed by atoms with Crippen LogP contribution >= 0.6 is 0 Å². The minimum atomic E-state index is -0.436.